The minimum absolute atomic E-state index is 0.0360. The first-order chi connectivity index (χ1) is 10.4. The van der Waals surface area contributed by atoms with Crippen molar-refractivity contribution >= 4 is 21.5 Å². The Morgan fingerprint density at radius 2 is 2.18 bits per heavy atom. The van der Waals surface area contributed by atoms with E-state index >= 15 is 0 Å². The molecule has 0 spiro atoms. The number of aliphatic imine (C=N–C) groups is 1. The Morgan fingerprint density at radius 3 is 2.77 bits per heavy atom. The van der Waals surface area contributed by atoms with Crippen molar-refractivity contribution in [2.45, 2.75) is 19.0 Å². The van der Waals surface area contributed by atoms with Crippen LogP contribution < -0.4 is 10.6 Å². The van der Waals surface area contributed by atoms with Crippen LogP contribution in [0.1, 0.15) is 12.0 Å². The van der Waals surface area contributed by atoms with E-state index in [2.05, 4.69) is 15.6 Å². The summed E-state index contributed by atoms with van der Waals surface area (Å²) in [5.41, 5.74) is 0.573. The smallest absolute Gasteiger partial charge is 0.274 e. The summed E-state index contributed by atoms with van der Waals surface area (Å²) in [5, 5.41) is 17.0. The number of sulfone groups is 1. The number of hydrogen-bond donors (Lipinski definition) is 2. The zero-order valence-corrected chi connectivity index (χ0v) is 13.0. The van der Waals surface area contributed by atoms with Crippen LogP contribution in [0, 0.1) is 10.1 Å². The molecule has 1 fully saturated rings. The lowest BCUT2D eigenvalue weighted by molar-refractivity contribution is -0.385. The van der Waals surface area contributed by atoms with Gasteiger partial charge in [-0.3, -0.25) is 15.1 Å². The molecule has 0 radical (unpaired) electrons. The Labute approximate surface area is 128 Å². The Bertz CT molecular complexity index is 687. The summed E-state index contributed by atoms with van der Waals surface area (Å²) in [7, 11) is -1.40. The van der Waals surface area contributed by atoms with Gasteiger partial charge in [0.2, 0.25) is 0 Å². The maximum atomic E-state index is 11.4. The number of nitro benzene ring substituents is 1. The predicted octanol–water partition coefficient (Wildman–Crippen LogP) is 0.447. The van der Waals surface area contributed by atoms with Crippen molar-refractivity contribution in [3.63, 3.8) is 0 Å². The van der Waals surface area contributed by atoms with Crippen LogP contribution in [0.5, 0.6) is 0 Å². The molecule has 1 aliphatic heterocycles. The van der Waals surface area contributed by atoms with Crippen molar-refractivity contribution in [3.8, 4) is 0 Å². The minimum atomic E-state index is -2.97. The highest BCUT2D eigenvalue weighted by Crippen LogP contribution is 2.17. The van der Waals surface area contributed by atoms with Gasteiger partial charge in [0.1, 0.15) is 0 Å². The van der Waals surface area contributed by atoms with Gasteiger partial charge in [-0.05, 0) is 6.42 Å². The van der Waals surface area contributed by atoms with Gasteiger partial charge in [-0.15, -0.1) is 0 Å². The molecule has 1 heterocycles. The van der Waals surface area contributed by atoms with Gasteiger partial charge < -0.3 is 10.6 Å². The van der Waals surface area contributed by atoms with Crippen molar-refractivity contribution in [2.24, 2.45) is 4.99 Å². The summed E-state index contributed by atoms with van der Waals surface area (Å²) in [4.78, 5) is 14.5. The predicted molar refractivity (Wildman–Crippen MR) is 83.5 cm³/mol. The van der Waals surface area contributed by atoms with E-state index in [4.69, 9.17) is 0 Å². The number of nitrogens with one attached hydrogen (secondary N) is 2. The topological polar surface area (TPSA) is 114 Å². The molecule has 22 heavy (non-hydrogen) atoms. The molecule has 2 rings (SSSR count). The van der Waals surface area contributed by atoms with Crippen LogP contribution in [0.2, 0.25) is 0 Å². The summed E-state index contributed by atoms with van der Waals surface area (Å²) in [6.45, 7) is 0.232. The van der Waals surface area contributed by atoms with Gasteiger partial charge in [-0.25, -0.2) is 8.42 Å². The monoisotopic (exact) mass is 326 g/mol. The van der Waals surface area contributed by atoms with E-state index in [0.29, 0.717) is 17.9 Å². The second-order valence-corrected chi connectivity index (χ2v) is 7.28. The third kappa shape index (κ3) is 4.17. The molecule has 0 aliphatic carbocycles. The number of rotatable bonds is 4. The second kappa shape index (κ2) is 6.73. The first-order valence-corrected chi connectivity index (χ1v) is 8.63. The van der Waals surface area contributed by atoms with Gasteiger partial charge >= 0.3 is 0 Å². The fourth-order valence-corrected chi connectivity index (χ4v) is 3.99. The van der Waals surface area contributed by atoms with E-state index in [1.165, 1.54) is 6.07 Å². The lowest BCUT2D eigenvalue weighted by Crippen LogP contribution is -2.43. The summed E-state index contributed by atoms with van der Waals surface area (Å²) in [6.07, 6.45) is 0.536. The van der Waals surface area contributed by atoms with E-state index in [9.17, 15) is 18.5 Å². The zero-order valence-electron chi connectivity index (χ0n) is 12.2. The van der Waals surface area contributed by atoms with E-state index in [1.807, 2.05) is 0 Å². The van der Waals surface area contributed by atoms with Crippen molar-refractivity contribution in [3.05, 3.63) is 39.9 Å². The molecule has 2 N–H and O–H groups in total. The minimum Gasteiger partial charge on any atom is -0.353 e. The molecule has 0 aromatic heterocycles. The fourth-order valence-electron chi connectivity index (χ4n) is 2.31. The quantitative estimate of drug-likeness (QED) is 0.359. The van der Waals surface area contributed by atoms with Gasteiger partial charge in [0.25, 0.3) is 5.69 Å². The van der Waals surface area contributed by atoms with Crippen LogP contribution in [-0.4, -0.2) is 43.9 Å². The van der Waals surface area contributed by atoms with Crippen molar-refractivity contribution in [1.29, 1.82) is 0 Å². The van der Waals surface area contributed by atoms with E-state index < -0.39 is 14.8 Å². The summed E-state index contributed by atoms with van der Waals surface area (Å²) in [6, 6.07) is 6.26. The summed E-state index contributed by atoms with van der Waals surface area (Å²) in [5.74, 6) is 0.686. The average Bonchev–Trinajstić information content (AvgIpc) is 2.82. The first kappa shape index (κ1) is 16.2. The van der Waals surface area contributed by atoms with Crippen molar-refractivity contribution < 1.29 is 13.3 Å². The van der Waals surface area contributed by atoms with E-state index in [-0.39, 0.29) is 29.8 Å². The molecule has 8 nitrogen and oxygen atoms in total. The second-order valence-electron chi connectivity index (χ2n) is 5.06. The molecule has 120 valence electrons. The highest BCUT2D eigenvalue weighted by atomic mass is 32.2. The standard InChI is InChI=1S/C13H18N4O4S/c1-14-13(16-11-6-7-22(20,21)9-11)15-8-10-4-2-3-5-12(10)17(18)19/h2-5,11H,6-9H2,1H3,(H2,14,15,16). The number of guanidine groups is 1. The molecule has 1 aromatic rings. The highest BCUT2D eigenvalue weighted by molar-refractivity contribution is 7.91. The third-order valence-electron chi connectivity index (χ3n) is 3.43. The van der Waals surface area contributed by atoms with Crippen LogP contribution in [0.3, 0.4) is 0 Å². The fraction of sp³-hybridized carbons (Fsp3) is 0.462. The largest absolute Gasteiger partial charge is 0.353 e. The SMILES string of the molecule is CN=C(NCc1ccccc1[N+](=O)[O-])NC1CCS(=O)(=O)C1. The molecular formula is C13H18N4O4S. The van der Waals surface area contributed by atoms with Crippen molar-refractivity contribution in [2.75, 3.05) is 18.6 Å². The van der Waals surface area contributed by atoms with Crippen LogP contribution in [0.4, 0.5) is 5.69 Å². The third-order valence-corrected chi connectivity index (χ3v) is 5.20. The van der Waals surface area contributed by atoms with Gasteiger partial charge in [-0.2, -0.15) is 0 Å². The Balaban J connectivity index is 1.97. The summed E-state index contributed by atoms with van der Waals surface area (Å²) < 4.78 is 22.9. The molecule has 1 aliphatic rings. The molecule has 1 saturated heterocycles. The zero-order chi connectivity index (χ0) is 16.2. The molecular weight excluding hydrogens is 308 g/mol. The number of benzene rings is 1. The molecule has 0 amide bonds. The Kier molecular flexibility index (Phi) is 4.96. The summed E-state index contributed by atoms with van der Waals surface area (Å²) >= 11 is 0. The van der Waals surface area contributed by atoms with Crippen LogP contribution in [-0.2, 0) is 16.4 Å². The molecule has 0 bridgehead atoms. The molecule has 1 aromatic carbocycles. The van der Waals surface area contributed by atoms with Crippen LogP contribution in [0.25, 0.3) is 0 Å². The number of para-hydroxylation sites is 1. The number of hydrogen-bond acceptors (Lipinski definition) is 5. The average molecular weight is 326 g/mol. The Hall–Kier alpha value is -2.16. The number of nitrogens with zero attached hydrogens (tertiary/aromatic N) is 2. The van der Waals surface area contributed by atoms with Gasteiger partial charge in [-0.1, -0.05) is 18.2 Å². The van der Waals surface area contributed by atoms with Crippen molar-refractivity contribution in [1.82, 2.24) is 10.6 Å². The first-order valence-electron chi connectivity index (χ1n) is 6.81. The number of nitro groups is 1. The highest BCUT2D eigenvalue weighted by Gasteiger charge is 2.28. The van der Waals surface area contributed by atoms with Crippen LogP contribution >= 0.6 is 0 Å². The molecule has 9 heteroatoms. The van der Waals surface area contributed by atoms with E-state index in [0.717, 1.165) is 0 Å². The molecule has 1 unspecified atom stereocenters. The maximum absolute atomic E-state index is 11.4. The molecule has 1 atom stereocenters. The Morgan fingerprint density at radius 1 is 1.45 bits per heavy atom. The van der Waals surface area contributed by atoms with Gasteiger partial charge in [0.15, 0.2) is 15.8 Å². The lowest BCUT2D eigenvalue weighted by Gasteiger charge is -2.16. The van der Waals surface area contributed by atoms with Crippen LogP contribution in [0.15, 0.2) is 29.3 Å². The van der Waals surface area contributed by atoms with Gasteiger partial charge in [0.05, 0.1) is 16.4 Å². The van der Waals surface area contributed by atoms with E-state index in [1.54, 1.807) is 25.2 Å². The molecule has 0 saturated carbocycles. The maximum Gasteiger partial charge on any atom is 0.274 e. The normalized spacial score (nSPS) is 20.6. The van der Waals surface area contributed by atoms with Gasteiger partial charge in [0, 0.05) is 31.3 Å². The lowest BCUT2D eigenvalue weighted by atomic mass is 10.2.